The topological polar surface area (TPSA) is 110 Å². The molecule has 0 heterocycles. The molecule has 0 aliphatic carbocycles. The summed E-state index contributed by atoms with van der Waals surface area (Å²) in [6, 6.07) is 5.31. The Morgan fingerprint density at radius 2 is 1.95 bits per heavy atom. The predicted molar refractivity (Wildman–Crippen MR) is 75.9 cm³/mol. The monoisotopic (exact) mass is 294 g/mol. The molecule has 0 aliphatic rings. The molecule has 1 amide bonds. The second-order valence-electron chi connectivity index (χ2n) is 4.64. The van der Waals surface area contributed by atoms with E-state index in [2.05, 4.69) is 5.32 Å². The predicted octanol–water partition coefficient (Wildman–Crippen LogP) is 1.90. The summed E-state index contributed by atoms with van der Waals surface area (Å²) < 4.78 is 0. The summed E-state index contributed by atoms with van der Waals surface area (Å²) in [5.41, 5.74) is 0.933. The van der Waals surface area contributed by atoms with Gasteiger partial charge in [0.2, 0.25) is 5.91 Å². The van der Waals surface area contributed by atoms with Gasteiger partial charge in [-0.1, -0.05) is 19.1 Å². The third-order valence-corrected chi connectivity index (χ3v) is 3.06. The van der Waals surface area contributed by atoms with Gasteiger partial charge in [0.25, 0.3) is 5.69 Å². The van der Waals surface area contributed by atoms with Gasteiger partial charge >= 0.3 is 5.97 Å². The third kappa shape index (κ3) is 5.60. The summed E-state index contributed by atoms with van der Waals surface area (Å²) in [4.78, 5) is 32.4. The van der Waals surface area contributed by atoms with Gasteiger partial charge in [-0.25, -0.2) is 4.79 Å². The number of aryl methyl sites for hydroxylation is 1. The van der Waals surface area contributed by atoms with E-state index in [1.54, 1.807) is 19.1 Å². The first-order valence-corrected chi connectivity index (χ1v) is 6.69. The average Bonchev–Trinajstić information content (AvgIpc) is 2.45. The number of carbonyl (C=O) groups excluding carboxylic acids is 1. The molecule has 0 saturated heterocycles. The fraction of sp³-hybridized carbons (Fsp3) is 0.429. The zero-order valence-electron chi connectivity index (χ0n) is 11.7. The number of non-ortho nitro benzene ring substituents is 1. The number of amides is 1. The van der Waals surface area contributed by atoms with E-state index in [4.69, 9.17) is 5.11 Å². The molecule has 2 N–H and O–H groups in total. The number of hydrogen-bond acceptors (Lipinski definition) is 4. The lowest BCUT2D eigenvalue weighted by atomic mass is 10.1. The minimum Gasteiger partial charge on any atom is -0.480 e. The molecule has 114 valence electrons. The molecule has 0 aliphatic heterocycles. The molecule has 0 bridgehead atoms. The van der Waals surface area contributed by atoms with Crippen LogP contribution in [0, 0.1) is 10.1 Å². The molecule has 0 spiro atoms. The van der Waals surface area contributed by atoms with Gasteiger partial charge in [0.05, 0.1) is 4.92 Å². The van der Waals surface area contributed by atoms with E-state index in [9.17, 15) is 19.7 Å². The van der Waals surface area contributed by atoms with Crippen LogP contribution in [0.1, 0.15) is 31.7 Å². The number of nitrogens with one attached hydrogen (secondary N) is 1. The Kier molecular flexibility index (Phi) is 6.32. The van der Waals surface area contributed by atoms with Crippen molar-refractivity contribution < 1.29 is 19.6 Å². The lowest BCUT2D eigenvalue weighted by Crippen LogP contribution is -2.40. The van der Waals surface area contributed by atoms with Crippen LogP contribution in [0.4, 0.5) is 5.69 Å². The number of hydrogen-bond donors (Lipinski definition) is 2. The lowest BCUT2D eigenvalue weighted by molar-refractivity contribution is -0.384. The van der Waals surface area contributed by atoms with Gasteiger partial charge in [-0.15, -0.1) is 0 Å². The summed E-state index contributed by atoms with van der Waals surface area (Å²) in [7, 11) is 0. The first-order valence-electron chi connectivity index (χ1n) is 6.69. The molecule has 1 aromatic carbocycles. The van der Waals surface area contributed by atoms with E-state index < -0.39 is 16.9 Å². The fourth-order valence-corrected chi connectivity index (χ4v) is 1.84. The summed E-state index contributed by atoms with van der Waals surface area (Å²) in [5, 5.41) is 21.8. The summed E-state index contributed by atoms with van der Waals surface area (Å²) in [6.45, 7) is 1.69. The Hall–Kier alpha value is -2.44. The van der Waals surface area contributed by atoms with Crippen LogP contribution in [-0.4, -0.2) is 27.9 Å². The number of rotatable bonds is 8. The Balaban J connectivity index is 2.37. The van der Waals surface area contributed by atoms with Crippen LogP contribution in [0.3, 0.4) is 0 Å². The van der Waals surface area contributed by atoms with Crippen molar-refractivity contribution >= 4 is 17.6 Å². The highest BCUT2D eigenvalue weighted by molar-refractivity contribution is 5.83. The van der Waals surface area contributed by atoms with Crippen molar-refractivity contribution in [2.45, 2.75) is 38.6 Å². The van der Waals surface area contributed by atoms with Crippen molar-refractivity contribution in [2.24, 2.45) is 0 Å². The number of nitro benzene ring substituents is 1. The molecule has 7 nitrogen and oxygen atoms in total. The molecular weight excluding hydrogens is 276 g/mol. The third-order valence-electron chi connectivity index (χ3n) is 3.06. The normalized spacial score (nSPS) is 11.7. The first kappa shape index (κ1) is 16.6. The van der Waals surface area contributed by atoms with E-state index in [1.807, 2.05) is 0 Å². The average molecular weight is 294 g/mol. The number of aliphatic carboxylic acids is 1. The molecule has 1 unspecified atom stereocenters. The number of carboxylic acids is 1. The zero-order chi connectivity index (χ0) is 15.8. The molecule has 0 aromatic heterocycles. The molecule has 0 saturated carbocycles. The number of benzene rings is 1. The molecule has 0 radical (unpaired) electrons. The lowest BCUT2D eigenvalue weighted by Gasteiger charge is -2.11. The second-order valence-corrected chi connectivity index (χ2v) is 4.64. The van der Waals surface area contributed by atoms with Gasteiger partial charge in [0.1, 0.15) is 6.04 Å². The molecule has 7 heteroatoms. The minimum atomic E-state index is -1.04. The number of carbonyl (C=O) groups is 2. The molecular formula is C14H18N2O5. The highest BCUT2D eigenvalue weighted by Crippen LogP contribution is 2.13. The van der Waals surface area contributed by atoms with Crippen molar-refractivity contribution in [3.63, 3.8) is 0 Å². The highest BCUT2D eigenvalue weighted by Gasteiger charge is 2.16. The van der Waals surface area contributed by atoms with Crippen LogP contribution in [0.2, 0.25) is 0 Å². The highest BCUT2D eigenvalue weighted by atomic mass is 16.6. The minimum absolute atomic E-state index is 0.0312. The SMILES string of the molecule is CCC(NC(=O)CCCc1ccc([N+](=O)[O-])cc1)C(=O)O. The van der Waals surface area contributed by atoms with E-state index in [0.717, 1.165) is 5.56 Å². The zero-order valence-corrected chi connectivity index (χ0v) is 11.7. The maximum absolute atomic E-state index is 11.6. The van der Waals surface area contributed by atoms with Crippen molar-refractivity contribution in [1.82, 2.24) is 5.32 Å². The molecule has 1 atom stereocenters. The van der Waals surface area contributed by atoms with Crippen LogP contribution in [0.25, 0.3) is 0 Å². The summed E-state index contributed by atoms with van der Waals surface area (Å²) >= 11 is 0. The van der Waals surface area contributed by atoms with Crippen LogP contribution >= 0.6 is 0 Å². The van der Waals surface area contributed by atoms with E-state index in [1.165, 1.54) is 12.1 Å². The second kappa shape index (κ2) is 7.98. The van der Waals surface area contributed by atoms with Gasteiger partial charge in [0, 0.05) is 18.6 Å². The van der Waals surface area contributed by atoms with Crippen molar-refractivity contribution in [3.8, 4) is 0 Å². The molecule has 1 aromatic rings. The Morgan fingerprint density at radius 1 is 1.33 bits per heavy atom. The Bertz CT molecular complexity index is 513. The van der Waals surface area contributed by atoms with E-state index >= 15 is 0 Å². The van der Waals surface area contributed by atoms with Gasteiger partial charge < -0.3 is 10.4 Å². The van der Waals surface area contributed by atoms with Crippen LogP contribution in [0.5, 0.6) is 0 Å². The smallest absolute Gasteiger partial charge is 0.326 e. The fourth-order valence-electron chi connectivity index (χ4n) is 1.84. The van der Waals surface area contributed by atoms with Gasteiger partial charge in [-0.05, 0) is 24.8 Å². The number of nitrogens with zero attached hydrogens (tertiary/aromatic N) is 1. The number of carboxylic acid groups (broad SMARTS) is 1. The molecule has 21 heavy (non-hydrogen) atoms. The maximum atomic E-state index is 11.6. The van der Waals surface area contributed by atoms with Crippen LogP contribution < -0.4 is 5.32 Å². The number of nitro groups is 1. The first-order chi connectivity index (χ1) is 9.93. The summed E-state index contributed by atoms with van der Waals surface area (Å²) in [6.07, 6.45) is 1.72. The quantitative estimate of drug-likeness (QED) is 0.562. The van der Waals surface area contributed by atoms with Gasteiger partial charge in [-0.3, -0.25) is 14.9 Å². The largest absolute Gasteiger partial charge is 0.480 e. The van der Waals surface area contributed by atoms with Crippen LogP contribution in [-0.2, 0) is 16.0 Å². The summed E-state index contributed by atoms with van der Waals surface area (Å²) in [5.74, 6) is -1.34. The van der Waals surface area contributed by atoms with E-state index in [0.29, 0.717) is 19.3 Å². The van der Waals surface area contributed by atoms with Crippen molar-refractivity contribution in [2.75, 3.05) is 0 Å². The molecule has 1 rings (SSSR count). The van der Waals surface area contributed by atoms with Crippen molar-refractivity contribution in [3.05, 3.63) is 39.9 Å². The Labute approximate surface area is 122 Å². The van der Waals surface area contributed by atoms with Gasteiger partial charge in [-0.2, -0.15) is 0 Å². The van der Waals surface area contributed by atoms with Crippen LogP contribution in [0.15, 0.2) is 24.3 Å². The maximum Gasteiger partial charge on any atom is 0.326 e. The van der Waals surface area contributed by atoms with E-state index in [-0.39, 0.29) is 18.0 Å². The van der Waals surface area contributed by atoms with Crippen molar-refractivity contribution in [1.29, 1.82) is 0 Å². The standard InChI is InChI=1S/C14H18N2O5/c1-2-12(14(18)19)15-13(17)5-3-4-10-6-8-11(9-7-10)16(20)21/h6-9,12H,2-5H2,1H3,(H,15,17)(H,18,19). The Morgan fingerprint density at radius 3 is 2.43 bits per heavy atom. The van der Waals surface area contributed by atoms with Gasteiger partial charge in [0.15, 0.2) is 0 Å². The molecule has 0 fully saturated rings.